The molecule has 5 heteroatoms. The number of amides is 1. The van der Waals surface area contributed by atoms with E-state index in [4.69, 9.17) is 0 Å². The predicted molar refractivity (Wildman–Crippen MR) is 80.6 cm³/mol. The van der Waals surface area contributed by atoms with Crippen LogP contribution in [0.2, 0.25) is 0 Å². The summed E-state index contributed by atoms with van der Waals surface area (Å²) in [7, 11) is 1.77. The van der Waals surface area contributed by atoms with Gasteiger partial charge in [-0.1, -0.05) is 15.9 Å². The molecule has 0 saturated carbocycles. The van der Waals surface area contributed by atoms with E-state index in [0.717, 1.165) is 21.4 Å². The van der Waals surface area contributed by atoms with Gasteiger partial charge in [0.1, 0.15) is 0 Å². The molecular formula is C14H14BrN3O. The van der Waals surface area contributed by atoms with Crippen molar-refractivity contribution in [1.29, 1.82) is 0 Å². The molecule has 0 aliphatic carbocycles. The molecule has 0 saturated heterocycles. The second kappa shape index (κ2) is 5.84. The molecule has 1 amide bonds. The molecule has 1 aromatic heterocycles. The monoisotopic (exact) mass is 319 g/mol. The van der Waals surface area contributed by atoms with E-state index in [0.29, 0.717) is 5.56 Å². The number of halogens is 1. The lowest BCUT2D eigenvalue weighted by molar-refractivity contribution is 0.102. The number of nitrogens with zero attached hydrogens (tertiary/aromatic N) is 1. The van der Waals surface area contributed by atoms with Crippen molar-refractivity contribution in [3.05, 3.63) is 52.3 Å². The molecule has 2 aromatic rings. The lowest BCUT2D eigenvalue weighted by Gasteiger charge is -2.10. The Morgan fingerprint density at radius 2 is 2.11 bits per heavy atom. The fourth-order valence-electron chi connectivity index (χ4n) is 1.71. The summed E-state index contributed by atoms with van der Waals surface area (Å²) in [5.74, 6) is -0.181. The lowest BCUT2D eigenvalue weighted by Crippen LogP contribution is -2.14. The van der Waals surface area contributed by atoms with Crippen molar-refractivity contribution in [2.75, 3.05) is 17.7 Å². The predicted octanol–water partition coefficient (Wildman–Crippen LogP) is 3.45. The minimum absolute atomic E-state index is 0.181. The van der Waals surface area contributed by atoms with Crippen LogP contribution < -0.4 is 10.6 Å². The van der Waals surface area contributed by atoms with E-state index >= 15 is 0 Å². The zero-order valence-electron chi connectivity index (χ0n) is 10.7. The number of pyridine rings is 1. The van der Waals surface area contributed by atoms with Gasteiger partial charge in [0.25, 0.3) is 5.91 Å². The zero-order chi connectivity index (χ0) is 13.8. The van der Waals surface area contributed by atoms with E-state index in [9.17, 15) is 4.79 Å². The number of nitrogens with one attached hydrogen (secondary N) is 2. The first-order valence-corrected chi connectivity index (χ1v) is 6.60. The third kappa shape index (κ3) is 3.12. The molecule has 19 heavy (non-hydrogen) atoms. The average molecular weight is 320 g/mol. The Hall–Kier alpha value is -1.88. The third-order valence-corrected chi connectivity index (χ3v) is 3.64. The van der Waals surface area contributed by atoms with Gasteiger partial charge in [-0.25, -0.2) is 0 Å². The second-order valence-corrected chi connectivity index (χ2v) is 4.94. The summed E-state index contributed by atoms with van der Waals surface area (Å²) in [4.78, 5) is 16.2. The molecule has 0 spiro atoms. The van der Waals surface area contributed by atoms with Gasteiger partial charge in [-0.15, -0.1) is 0 Å². The number of hydrogen-bond acceptors (Lipinski definition) is 3. The van der Waals surface area contributed by atoms with Crippen LogP contribution in [0.4, 0.5) is 11.4 Å². The van der Waals surface area contributed by atoms with Crippen molar-refractivity contribution < 1.29 is 4.79 Å². The average Bonchev–Trinajstić information content (AvgIpc) is 2.43. The summed E-state index contributed by atoms with van der Waals surface area (Å²) in [6.45, 7) is 1.98. The summed E-state index contributed by atoms with van der Waals surface area (Å²) in [6, 6.07) is 7.44. The van der Waals surface area contributed by atoms with E-state index in [1.165, 1.54) is 0 Å². The maximum absolute atomic E-state index is 12.2. The Morgan fingerprint density at radius 3 is 2.79 bits per heavy atom. The summed E-state index contributed by atoms with van der Waals surface area (Å²) in [5.41, 5.74) is 3.10. The van der Waals surface area contributed by atoms with Crippen molar-refractivity contribution in [1.82, 2.24) is 4.98 Å². The molecule has 4 nitrogen and oxygen atoms in total. The highest BCUT2D eigenvalue weighted by atomic mass is 79.9. The van der Waals surface area contributed by atoms with Gasteiger partial charge >= 0.3 is 0 Å². The van der Waals surface area contributed by atoms with Crippen LogP contribution in [0.1, 0.15) is 15.9 Å². The Morgan fingerprint density at radius 1 is 1.32 bits per heavy atom. The number of rotatable bonds is 3. The molecule has 0 fully saturated rings. The molecule has 0 aliphatic heterocycles. The summed E-state index contributed by atoms with van der Waals surface area (Å²) in [5, 5.41) is 5.84. The highest BCUT2D eigenvalue weighted by molar-refractivity contribution is 9.10. The summed E-state index contributed by atoms with van der Waals surface area (Å²) >= 11 is 3.43. The van der Waals surface area contributed by atoms with E-state index in [1.807, 2.05) is 25.1 Å². The van der Waals surface area contributed by atoms with Gasteiger partial charge in [-0.3, -0.25) is 9.78 Å². The van der Waals surface area contributed by atoms with E-state index < -0.39 is 0 Å². The SMILES string of the molecule is CNc1ccncc1C(=O)Nc1ccc(Br)c(C)c1. The number of hydrogen-bond donors (Lipinski definition) is 2. The Labute approximate surface area is 120 Å². The Bertz CT molecular complexity index is 613. The molecule has 2 rings (SSSR count). The largest absolute Gasteiger partial charge is 0.387 e. The first kappa shape index (κ1) is 13.5. The van der Waals surface area contributed by atoms with Crippen molar-refractivity contribution >= 4 is 33.2 Å². The lowest BCUT2D eigenvalue weighted by atomic mass is 10.2. The molecule has 98 valence electrons. The third-order valence-electron chi connectivity index (χ3n) is 2.75. The molecule has 2 N–H and O–H groups in total. The van der Waals surface area contributed by atoms with Crippen molar-refractivity contribution in [3.8, 4) is 0 Å². The van der Waals surface area contributed by atoms with Gasteiger partial charge < -0.3 is 10.6 Å². The molecule has 0 radical (unpaired) electrons. The number of aryl methyl sites for hydroxylation is 1. The van der Waals surface area contributed by atoms with Gasteiger partial charge in [-0.2, -0.15) is 0 Å². The van der Waals surface area contributed by atoms with Gasteiger partial charge in [-0.05, 0) is 36.8 Å². The van der Waals surface area contributed by atoms with Crippen LogP contribution in [-0.4, -0.2) is 17.9 Å². The van der Waals surface area contributed by atoms with Crippen LogP contribution in [0, 0.1) is 6.92 Å². The summed E-state index contributed by atoms with van der Waals surface area (Å²) < 4.78 is 1.02. The number of aromatic nitrogens is 1. The van der Waals surface area contributed by atoms with Crippen molar-refractivity contribution in [2.24, 2.45) is 0 Å². The molecule has 0 unspecified atom stereocenters. The topological polar surface area (TPSA) is 54.0 Å². The van der Waals surface area contributed by atoms with E-state index in [2.05, 4.69) is 31.5 Å². The summed E-state index contributed by atoms with van der Waals surface area (Å²) in [6.07, 6.45) is 3.19. The zero-order valence-corrected chi connectivity index (χ0v) is 12.3. The number of carbonyl (C=O) groups excluding carboxylic acids is 1. The van der Waals surface area contributed by atoms with Crippen molar-refractivity contribution in [3.63, 3.8) is 0 Å². The normalized spacial score (nSPS) is 10.1. The van der Waals surface area contributed by atoms with Gasteiger partial charge in [0.2, 0.25) is 0 Å². The maximum atomic E-state index is 12.2. The Balaban J connectivity index is 2.23. The number of benzene rings is 1. The quantitative estimate of drug-likeness (QED) is 0.911. The van der Waals surface area contributed by atoms with Crippen LogP contribution >= 0.6 is 15.9 Å². The fourth-order valence-corrected chi connectivity index (χ4v) is 1.96. The minimum Gasteiger partial charge on any atom is -0.387 e. The standard InChI is InChI=1S/C14H14BrN3O/c1-9-7-10(3-4-12(9)15)18-14(19)11-8-17-6-5-13(11)16-2/h3-8H,1-2H3,(H,16,17)(H,18,19). The van der Waals surface area contributed by atoms with Crippen molar-refractivity contribution in [2.45, 2.75) is 6.92 Å². The van der Waals surface area contributed by atoms with Gasteiger partial charge in [0.05, 0.1) is 5.56 Å². The fraction of sp³-hybridized carbons (Fsp3) is 0.143. The number of carbonyl (C=O) groups is 1. The first-order chi connectivity index (χ1) is 9.11. The van der Waals surface area contributed by atoms with E-state index in [1.54, 1.807) is 25.5 Å². The second-order valence-electron chi connectivity index (χ2n) is 4.09. The smallest absolute Gasteiger partial charge is 0.259 e. The minimum atomic E-state index is -0.181. The Kier molecular flexibility index (Phi) is 4.16. The van der Waals surface area contributed by atoms with Crippen LogP contribution in [0.15, 0.2) is 41.1 Å². The highest BCUT2D eigenvalue weighted by Gasteiger charge is 2.11. The van der Waals surface area contributed by atoms with Crippen LogP contribution in [0.5, 0.6) is 0 Å². The molecule has 1 heterocycles. The molecule has 0 atom stereocenters. The van der Waals surface area contributed by atoms with E-state index in [-0.39, 0.29) is 5.91 Å². The van der Waals surface area contributed by atoms with Crippen LogP contribution in [0.25, 0.3) is 0 Å². The van der Waals surface area contributed by atoms with Crippen LogP contribution in [-0.2, 0) is 0 Å². The number of anilines is 2. The highest BCUT2D eigenvalue weighted by Crippen LogP contribution is 2.21. The molecule has 0 bridgehead atoms. The first-order valence-electron chi connectivity index (χ1n) is 5.81. The molecular weight excluding hydrogens is 306 g/mol. The molecule has 1 aromatic carbocycles. The maximum Gasteiger partial charge on any atom is 0.259 e. The van der Waals surface area contributed by atoms with Gasteiger partial charge in [0.15, 0.2) is 0 Å². The van der Waals surface area contributed by atoms with Gasteiger partial charge in [0, 0.05) is 35.3 Å². The van der Waals surface area contributed by atoms with Crippen LogP contribution in [0.3, 0.4) is 0 Å². The molecule has 0 aliphatic rings.